The first-order chi connectivity index (χ1) is 15.4. The van der Waals surface area contributed by atoms with Gasteiger partial charge < -0.3 is 20.7 Å². The number of piperidine rings is 1. The maximum absolute atomic E-state index is 13.9. The van der Waals surface area contributed by atoms with E-state index in [-0.39, 0.29) is 11.4 Å². The van der Waals surface area contributed by atoms with Crippen molar-refractivity contribution in [1.29, 1.82) is 0 Å². The number of rotatable bonds is 5. The molecule has 0 radical (unpaired) electrons. The molecular formula is C25H26BFN2O3. The third-order valence-electron chi connectivity index (χ3n) is 6.10. The van der Waals surface area contributed by atoms with Crippen molar-refractivity contribution < 1.29 is 19.2 Å². The second-order valence-electron chi connectivity index (χ2n) is 8.24. The molecule has 1 heterocycles. The molecule has 0 atom stereocenters. The standard InChI is InChI=1S/C25H26BFN2O3/c27-24-14-22(13-23(15-24)26(31)32)20-5-2-6-21(12-20)25(30)29-9-7-18(8-10-29)19-4-1-3-17(11-19)16-28/h1-6,11-15,18,31-32H,7-10,16,28H2. The van der Waals surface area contributed by atoms with Gasteiger partial charge in [-0.3, -0.25) is 4.79 Å². The maximum Gasteiger partial charge on any atom is 0.488 e. The monoisotopic (exact) mass is 432 g/mol. The average molecular weight is 432 g/mol. The lowest BCUT2D eigenvalue weighted by Gasteiger charge is -2.32. The van der Waals surface area contributed by atoms with Crippen LogP contribution in [0, 0.1) is 5.82 Å². The molecule has 4 rings (SSSR count). The van der Waals surface area contributed by atoms with Crippen LogP contribution in [0.1, 0.15) is 40.2 Å². The normalized spacial score (nSPS) is 14.4. The van der Waals surface area contributed by atoms with Gasteiger partial charge in [0.1, 0.15) is 5.82 Å². The lowest BCUT2D eigenvalue weighted by molar-refractivity contribution is 0.0713. The molecule has 0 aromatic heterocycles. The second-order valence-corrected chi connectivity index (χ2v) is 8.24. The van der Waals surface area contributed by atoms with Crippen LogP contribution < -0.4 is 11.2 Å². The fourth-order valence-electron chi connectivity index (χ4n) is 4.33. The highest BCUT2D eigenvalue weighted by atomic mass is 19.1. The van der Waals surface area contributed by atoms with Gasteiger partial charge in [0, 0.05) is 25.2 Å². The molecule has 7 heteroatoms. The molecular weight excluding hydrogens is 406 g/mol. The quantitative estimate of drug-likeness (QED) is 0.541. The van der Waals surface area contributed by atoms with Gasteiger partial charge >= 0.3 is 7.12 Å². The lowest BCUT2D eigenvalue weighted by Crippen LogP contribution is -2.37. The van der Waals surface area contributed by atoms with Gasteiger partial charge in [0.05, 0.1) is 0 Å². The first kappa shape index (κ1) is 22.2. The van der Waals surface area contributed by atoms with Crippen molar-refractivity contribution in [3.8, 4) is 11.1 Å². The summed E-state index contributed by atoms with van der Waals surface area (Å²) in [4.78, 5) is 15.0. The first-order valence-electron chi connectivity index (χ1n) is 10.8. The Morgan fingerprint density at radius 3 is 2.47 bits per heavy atom. The molecule has 0 saturated carbocycles. The SMILES string of the molecule is NCc1cccc(C2CCN(C(=O)c3cccc(-c4cc(F)cc(B(O)O)c4)c3)CC2)c1. The molecule has 0 aliphatic carbocycles. The van der Waals surface area contributed by atoms with Crippen LogP contribution >= 0.6 is 0 Å². The fourth-order valence-corrected chi connectivity index (χ4v) is 4.33. The number of carbonyl (C=O) groups is 1. The molecule has 1 aliphatic rings. The van der Waals surface area contributed by atoms with Crippen molar-refractivity contribution >= 4 is 18.5 Å². The molecule has 3 aromatic rings. The largest absolute Gasteiger partial charge is 0.488 e. The Morgan fingerprint density at radius 1 is 1.00 bits per heavy atom. The van der Waals surface area contributed by atoms with Crippen molar-refractivity contribution in [3.63, 3.8) is 0 Å². The summed E-state index contributed by atoms with van der Waals surface area (Å²) in [5, 5.41) is 18.8. The van der Waals surface area contributed by atoms with E-state index in [1.54, 1.807) is 24.3 Å². The zero-order valence-corrected chi connectivity index (χ0v) is 17.7. The molecule has 0 spiro atoms. The molecule has 1 fully saturated rings. The van der Waals surface area contributed by atoms with Crippen molar-refractivity contribution in [2.75, 3.05) is 13.1 Å². The summed E-state index contributed by atoms with van der Waals surface area (Å²) in [6.07, 6.45) is 1.78. The summed E-state index contributed by atoms with van der Waals surface area (Å²) >= 11 is 0. The van der Waals surface area contributed by atoms with Gasteiger partial charge in [-0.25, -0.2) is 4.39 Å². The highest BCUT2D eigenvalue weighted by Crippen LogP contribution is 2.30. The predicted molar refractivity (Wildman–Crippen MR) is 124 cm³/mol. The van der Waals surface area contributed by atoms with Crippen LogP contribution in [0.2, 0.25) is 0 Å². The van der Waals surface area contributed by atoms with Crippen molar-refractivity contribution in [3.05, 3.63) is 89.2 Å². The summed E-state index contributed by atoms with van der Waals surface area (Å²) in [6.45, 7) is 1.86. The smallest absolute Gasteiger partial charge is 0.423 e. The predicted octanol–water partition coefficient (Wildman–Crippen LogP) is 2.65. The number of hydrogen-bond acceptors (Lipinski definition) is 4. The van der Waals surface area contributed by atoms with Gasteiger partial charge in [0.2, 0.25) is 0 Å². The van der Waals surface area contributed by atoms with E-state index in [0.717, 1.165) is 24.5 Å². The number of hydrogen-bond donors (Lipinski definition) is 3. The molecule has 1 saturated heterocycles. The Balaban J connectivity index is 1.48. The van der Waals surface area contributed by atoms with E-state index in [4.69, 9.17) is 5.73 Å². The highest BCUT2D eigenvalue weighted by molar-refractivity contribution is 6.58. The van der Waals surface area contributed by atoms with Crippen LogP contribution in [0.3, 0.4) is 0 Å². The van der Waals surface area contributed by atoms with Crippen molar-refractivity contribution in [1.82, 2.24) is 4.90 Å². The van der Waals surface area contributed by atoms with E-state index >= 15 is 0 Å². The molecule has 1 aliphatic heterocycles. The molecule has 1 amide bonds. The summed E-state index contributed by atoms with van der Waals surface area (Å²) in [7, 11) is -1.76. The van der Waals surface area contributed by atoms with Crippen LogP contribution in [0.5, 0.6) is 0 Å². The van der Waals surface area contributed by atoms with Gasteiger partial charge in [-0.1, -0.05) is 42.5 Å². The van der Waals surface area contributed by atoms with Gasteiger partial charge in [0.15, 0.2) is 0 Å². The Kier molecular flexibility index (Phi) is 6.70. The van der Waals surface area contributed by atoms with Gasteiger partial charge in [-0.2, -0.15) is 0 Å². The van der Waals surface area contributed by atoms with Gasteiger partial charge in [-0.05, 0) is 70.7 Å². The number of likely N-dealkylation sites (tertiary alicyclic amines) is 1. The summed E-state index contributed by atoms with van der Waals surface area (Å²) in [5.74, 6) is -0.213. The minimum atomic E-state index is -1.76. The number of halogens is 1. The molecule has 5 nitrogen and oxygen atoms in total. The number of nitrogens with zero attached hydrogens (tertiary/aromatic N) is 1. The van der Waals surface area contributed by atoms with Crippen LogP contribution in [-0.4, -0.2) is 41.1 Å². The number of benzene rings is 3. The Labute approximate surface area is 187 Å². The van der Waals surface area contributed by atoms with E-state index < -0.39 is 12.9 Å². The zero-order chi connectivity index (χ0) is 22.7. The summed E-state index contributed by atoms with van der Waals surface area (Å²) in [6, 6.07) is 19.3. The lowest BCUT2D eigenvalue weighted by atomic mass is 9.79. The van der Waals surface area contributed by atoms with Crippen molar-refractivity contribution in [2.24, 2.45) is 5.73 Å². The molecule has 32 heavy (non-hydrogen) atoms. The van der Waals surface area contributed by atoms with E-state index in [2.05, 4.69) is 12.1 Å². The minimum Gasteiger partial charge on any atom is -0.423 e. The molecule has 164 valence electrons. The number of carbonyl (C=O) groups excluding carboxylic acids is 1. The van der Waals surface area contributed by atoms with E-state index in [1.165, 1.54) is 17.7 Å². The molecule has 3 aromatic carbocycles. The third-order valence-corrected chi connectivity index (χ3v) is 6.10. The number of nitrogens with two attached hydrogens (primary N) is 1. The average Bonchev–Trinajstić information content (AvgIpc) is 2.83. The Bertz CT molecular complexity index is 1110. The Morgan fingerprint density at radius 2 is 1.75 bits per heavy atom. The van der Waals surface area contributed by atoms with Crippen LogP contribution in [-0.2, 0) is 6.54 Å². The van der Waals surface area contributed by atoms with Crippen LogP contribution in [0.25, 0.3) is 11.1 Å². The number of amides is 1. The van der Waals surface area contributed by atoms with Gasteiger partial charge in [0.25, 0.3) is 5.91 Å². The van der Waals surface area contributed by atoms with Crippen molar-refractivity contribution in [2.45, 2.75) is 25.3 Å². The maximum atomic E-state index is 13.9. The Hall–Kier alpha value is -3.00. The minimum absolute atomic E-state index is 0.0557. The topological polar surface area (TPSA) is 86.8 Å². The van der Waals surface area contributed by atoms with Gasteiger partial charge in [-0.15, -0.1) is 0 Å². The van der Waals surface area contributed by atoms with E-state index in [1.807, 2.05) is 17.0 Å². The van der Waals surface area contributed by atoms with Crippen LogP contribution in [0.15, 0.2) is 66.7 Å². The van der Waals surface area contributed by atoms with E-state index in [0.29, 0.717) is 42.2 Å². The third kappa shape index (κ3) is 4.91. The zero-order valence-electron chi connectivity index (χ0n) is 17.7. The molecule has 0 bridgehead atoms. The fraction of sp³-hybridized carbons (Fsp3) is 0.240. The molecule has 0 unspecified atom stereocenters. The van der Waals surface area contributed by atoms with Crippen LogP contribution in [0.4, 0.5) is 4.39 Å². The van der Waals surface area contributed by atoms with E-state index in [9.17, 15) is 19.2 Å². The molecule has 4 N–H and O–H groups in total. The highest BCUT2D eigenvalue weighted by Gasteiger charge is 2.25. The first-order valence-corrected chi connectivity index (χ1v) is 10.8. The summed E-state index contributed by atoms with van der Waals surface area (Å²) in [5.41, 5.74) is 9.88. The second kappa shape index (κ2) is 9.65. The summed E-state index contributed by atoms with van der Waals surface area (Å²) < 4.78 is 13.9.